The van der Waals surface area contributed by atoms with E-state index in [2.05, 4.69) is 4.72 Å². The number of hydrogen-bond donors (Lipinski definition) is 1. The quantitative estimate of drug-likeness (QED) is 0.597. The van der Waals surface area contributed by atoms with E-state index in [4.69, 9.17) is 14.2 Å². The molecule has 0 radical (unpaired) electrons. The van der Waals surface area contributed by atoms with E-state index in [-0.39, 0.29) is 30.0 Å². The largest absolute Gasteiger partial charge is 0.484 e. The zero-order valence-corrected chi connectivity index (χ0v) is 19.8. The fourth-order valence-electron chi connectivity index (χ4n) is 4.17. The van der Waals surface area contributed by atoms with Crippen molar-refractivity contribution in [1.29, 1.82) is 0 Å². The number of sulfonamides is 1. The molecule has 1 saturated carbocycles. The molecule has 34 heavy (non-hydrogen) atoms. The maximum atomic E-state index is 12.9. The summed E-state index contributed by atoms with van der Waals surface area (Å²) in [7, 11) is -2.35. The highest BCUT2D eigenvalue weighted by Crippen LogP contribution is 2.33. The van der Waals surface area contributed by atoms with Crippen molar-refractivity contribution in [2.24, 2.45) is 0 Å². The third-order valence-corrected chi connectivity index (χ3v) is 7.50. The smallest absolute Gasteiger partial charge is 0.348 e. The third kappa shape index (κ3) is 5.51. The summed E-state index contributed by atoms with van der Waals surface area (Å²) in [6, 6.07) is 12.8. The number of carbonyl (C=O) groups excluding carboxylic acids is 2. The van der Waals surface area contributed by atoms with Gasteiger partial charge in [-0.3, -0.25) is 4.79 Å². The number of benzene rings is 2. The van der Waals surface area contributed by atoms with Crippen molar-refractivity contribution in [3.8, 4) is 11.5 Å². The molecule has 1 atom stereocenters. The minimum atomic E-state index is -3.61. The number of amides is 1. The van der Waals surface area contributed by atoms with Gasteiger partial charge in [-0.05, 0) is 49.2 Å². The Labute approximate surface area is 199 Å². The summed E-state index contributed by atoms with van der Waals surface area (Å²) < 4.78 is 44.1. The fraction of sp³-hybridized carbons (Fsp3) is 0.417. The second-order valence-corrected chi connectivity index (χ2v) is 10.0. The first-order chi connectivity index (χ1) is 16.4. The molecule has 0 saturated heterocycles. The maximum absolute atomic E-state index is 12.9. The van der Waals surface area contributed by atoms with Crippen LogP contribution in [0.5, 0.6) is 11.5 Å². The van der Waals surface area contributed by atoms with E-state index in [9.17, 15) is 18.0 Å². The number of esters is 1. The van der Waals surface area contributed by atoms with Crippen LogP contribution in [0, 0.1) is 0 Å². The molecule has 1 amide bonds. The average molecular weight is 489 g/mol. The van der Waals surface area contributed by atoms with Crippen molar-refractivity contribution in [3.05, 3.63) is 48.5 Å². The minimum Gasteiger partial charge on any atom is -0.484 e. The highest BCUT2D eigenvalue weighted by molar-refractivity contribution is 7.89. The molecule has 1 heterocycles. The standard InChI is InChI=1S/C24H28N2O7S/c1-31-24(28)22-15-26(20-9-5-6-10-21(20)33-22)23(27)16-32-18-11-13-19(14-12-18)34(29,30)25-17-7-3-2-4-8-17/h5-6,9-14,17,22,25H,2-4,7-8,15-16H2,1H3/t22-/m1/s1. The number of ether oxygens (including phenoxy) is 3. The molecule has 1 N–H and O–H groups in total. The second kappa shape index (κ2) is 10.4. The number of para-hydroxylation sites is 2. The van der Waals surface area contributed by atoms with Gasteiger partial charge >= 0.3 is 5.97 Å². The Morgan fingerprint density at radius 2 is 1.76 bits per heavy atom. The van der Waals surface area contributed by atoms with E-state index >= 15 is 0 Å². The zero-order valence-electron chi connectivity index (χ0n) is 18.9. The summed E-state index contributed by atoms with van der Waals surface area (Å²) in [5.41, 5.74) is 0.534. The van der Waals surface area contributed by atoms with E-state index in [1.54, 1.807) is 24.3 Å². The SMILES string of the molecule is COC(=O)[C@H]1CN(C(=O)COc2ccc(S(=O)(=O)NC3CCCCC3)cc2)c2ccccc2O1. The van der Waals surface area contributed by atoms with Gasteiger partial charge < -0.3 is 19.1 Å². The van der Waals surface area contributed by atoms with Crippen LogP contribution in [0.15, 0.2) is 53.4 Å². The van der Waals surface area contributed by atoms with E-state index < -0.39 is 22.1 Å². The number of fused-ring (bicyclic) bond motifs is 1. The van der Waals surface area contributed by atoms with Gasteiger partial charge in [0.25, 0.3) is 5.91 Å². The molecule has 182 valence electrons. The topological polar surface area (TPSA) is 111 Å². The van der Waals surface area contributed by atoms with Crippen molar-refractivity contribution in [2.75, 3.05) is 25.2 Å². The molecule has 2 aliphatic rings. The third-order valence-electron chi connectivity index (χ3n) is 5.96. The number of methoxy groups -OCH3 is 1. The average Bonchev–Trinajstić information content (AvgIpc) is 2.86. The van der Waals surface area contributed by atoms with E-state index in [1.165, 1.54) is 36.3 Å². The van der Waals surface area contributed by atoms with Gasteiger partial charge in [-0.1, -0.05) is 31.4 Å². The Morgan fingerprint density at radius 3 is 2.47 bits per heavy atom. The first kappa shape index (κ1) is 24.0. The number of carbonyl (C=O) groups is 2. The van der Waals surface area contributed by atoms with Gasteiger partial charge in [0.2, 0.25) is 16.1 Å². The molecule has 1 fully saturated rings. The molecule has 0 bridgehead atoms. The summed E-state index contributed by atoms with van der Waals surface area (Å²) in [5.74, 6) is -0.194. The molecule has 0 aromatic heterocycles. The van der Waals surface area contributed by atoms with Crippen LogP contribution >= 0.6 is 0 Å². The highest BCUT2D eigenvalue weighted by Gasteiger charge is 2.34. The van der Waals surface area contributed by atoms with Gasteiger partial charge in [0.1, 0.15) is 11.5 Å². The van der Waals surface area contributed by atoms with Crippen LogP contribution in [-0.2, 0) is 24.3 Å². The number of anilines is 1. The van der Waals surface area contributed by atoms with Gasteiger partial charge in [-0.2, -0.15) is 0 Å². The van der Waals surface area contributed by atoms with Crippen LogP contribution in [0.25, 0.3) is 0 Å². The molecular weight excluding hydrogens is 460 g/mol. The van der Waals surface area contributed by atoms with Gasteiger partial charge in [0.05, 0.1) is 24.2 Å². The molecule has 2 aromatic carbocycles. The minimum absolute atomic E-state index is 0.00407. The van der Waals surface area contributed by atoms with Crippen LogP contribution < -0.4 is 19.1 Å². The Hall–Kier alpha value is -3.11. The van der Waals surface area contributed by atoms with Crippen molar-refractivity contribution < 1.29 is 32.2 Å². The summed E-state index contributed by atoms with van der Waals surface area (Å²) in [5, 5.41) is 0. The predicted molar refractivity (Wildman–Crippen MR) is 124 cm³/mol. The lowest BCUT2D eigenvalue weighted by Crippen LogP contribution is -2.48. The molecule has 4 rings (SSSR count). The van der Waals surface area contributed by atoms with Crippen molar-refractivity contribution in [1.82, 2.24) is 4.72 Å². The van der Waals surface area contributed by atoms with Gasteiger partial charge in [0.15, 0.2) is 6.61 Å². The number of nitrogens with one attached hydrogen (secondary N) is 1. The van der Waals surface area contributed by atoms with E-state index in [0.29, 0.717) is 17.2 Å². The number of rotatable bonds is 7. The molecular formula is C24H28N2O7S. The van der Waals surface area contributed by atoms with E-state index in [1.807, 2.05) is 0 Å². The van der Waals surface area contributed by atoms with Gasteiger partial charge in [0, 0.05) is 6.04 Å². The summed E-state index contributed by atoms with van der Waals surface area (Å²) in [6.45, 7) is -0.301. The Morgan fingerprint density at radius 1 is 1.06 bits per heavy atom. The van der Waals surface area contributed by atoms with Crippen molar-refractivity contribution in [2.45, 2.75) is 49.1 Å². The lowest BCUT2D eigenvalue weighted by Gasteiger charge is -2.33. The van der Waals surface area contributed by atoms with Crippen LogP contribution in [-0.4, -0.2) is 52.7 Å². The Bertz CT molecular complexity index is 1130. The first-order valence-electron chi connectivity index (χ1n) is 11.3. The van der Waals surface area contributed by atoms with Crippen LogP contribution in [0.1, 0.15) is 32.1 Å². The summed E-state index contributed by atoms with van der Waals surface area (Å²) in [4.78, 5) is 26.5. The van der Waals surface area contributed by atoms with E-state index in [0.717, 1.165) is 32.1 Å². The van der Waals surface area contributed by atoms with Crippen LogP contribution in [0.3, 0.4) is 0 Å². The highest BCUT2D eigenvalue weighted by atomic mass is 32.2. The van der Waals surface area contributed by atoms with Crippen molar-refractivity contribution >= 4 is 27.6 Å². The van der Waals surface area contributed by atoms with Crippen LogP contribution in [0.2, 0.25) is 0 Å². The number of hydrogen-bond acceptors (Lipinski definition) is 7. The predicted octanol–water partition coefficient (Wildman–Crippen LogP) is 2.64. The van der Waals surface area contributed by atoms with Crippen LogP contribution in [0.4, 0.5) is 5.69 Å². The number of nitrogens with zero attached hydrogens (tertiary/aromatic N) is 1. The van der Waals surface area contributed by atoms with Gasteiger partial charge in [-0.15, -0.1) is 0 Å². The lowest BCUT2D eigenvalue weighted by atomic mass is 9.96. The normalized spacial score (nSPS) is 18.5. The molecule has 9 nitrogen and oxygen atoms in total. The second-order valence-electron chi connectivity index (χ2n) is 8.32. The van der Waals surface area contributed by atoms with Crippen molar-refractivity contribution in [3.63, 3.8) is 0 Å². The first-order valence-corrected chi connectivity index (χ1v) is 12.7. The van der Waals surface area contributed by atoms with Gasteiger partial charge in [-0.25, -0.2) is 17.9 Å². The summed E-state index contributed by atoms with van der Waals surface area (Å²) >= 11 is 0. The molecule has 0 unspecified atom stereocenters. The molecule has 2 aromatic rings. The monoisotopic (exact) mass is 488 g/mol. The summed E-state index contributed by atoms with van der Waals surface area (Å²) in [6.07, 6.45) is 3.96. The molecule has 1 aliphatic carbocycles. The zero-order chi connectivity index (χ0) is 24.1. The Balaban J connectivity index is 1.39. The maximum Gasteiger partial charge on any atom is 0.348 e. The molecule has 0 spiro atoms. The Kier molecular flexibility index (Phi) is 7.38. The molecule has 10 heteroatoms. The fourth-order valence-corrected chi connectivity index (χ4v) is 5.48. The molecule has 1 aliphatic heterocycles. The lowest BCUT2D eigenvalue weighted by molar-refractivity contribution is -0.148.